The van der Waals surface area contributed by atoms with Crippen molar-refractivity contribution >= 4 is 12.1 Å². The van der Waals surface area contributed by atoms with Gasteiger partial charge in [-0.15, -0.1) is 0 Å². The molecule has 0 fully saturated rings. The van der Waals surface area contributed by atoms with Crippen molar-refractivity contribution in [3.8, 4) is 0 Å². The first-order chi connectivity index (χ1) is 6.49. The van der Waals surface area contributed by atoms with Gasteiger partial charge < -0.3 is 11.1 Å². The smallest absolute Gasteiger partial charge is 0.126 e. The molecule has 4 nitrogen and oxygen atoms in total. The average molecular weight is 194 g/mol. The van der Waals surface area contributed by atoms with Crippen LogP contribution in [0.4, 0.5) is 0 Å². The number of allylic oxidation sites excluding steroid dienone is 3. The predicted octanol–water partition coefficient (Wildman–Crippen LogP) is 1.41. The van der Waals surface area contributed by atoms with Crippen molar-refractivity contribution in [2.45, 2.75) is 20.8 Å². The van der Waals surface area contributed by atoms with E-state index in [2.05, 4.69) is 10.3 Å². The summed E-state index contributed by atoms with van der Waals surface area (Å²) in [5.74, 6) is 0.322. The number of aliphatic imine (C=N–C) groups is 1. The van der Waals surface area contributed by atoms with Crippen LogP contribution < -0.4 is 11.1 Å². The summed E-state index contributed by atoms with van der Waals surface area (Å²) in [6.07, 6.45) is 3.47. The maximum absolute atomic E-state index is 7.66. The molecule has 0 radical (unpaired) electrons. The Morgan fingerprint density at radius 2 is 1.93 bits per heavy atom. The summed E-state index contributed by atoms with van der Waals surface area (Å²) in [6, 6.07) is 0. The second kappa shape index (κ2) is 5.96. The average Bonchev–Trinajstić information content (AvgIpc) is 2.13. The van der Waals surface area contributed by atoms with Crippen molar-refractivity contribution in [2.75, 3.05) is 7.05 Å². The lowest BCUT2D eigenvalue weighted by Gasteiger charge is -2.09. The van der Waals surface area contributed by atoms with Crippen molar-refractivity contribution < 1.29 is 0 Å². The number of nitrogens with zero attached hydrogens (tertiary/aromatic N) is 1. The van der Waals surface area contributed by atoms with Crippen molar-refractivity contribution in [3.63, 3.8) is 0 Å². The molecule has 0 rings (SSSR count). The van der Waals surface area contributed by atoms with Crippen LogP contribution in [0.15, 0.2) is 28.0 Å². The molecule has 14 heavy (non-hydrogen) atoms. The molecule has 0 aromatic carbocycles. The Bertz CT molecular complexity index is 293. The molecule has 0 aliphatic rings. The minimum atomic E-state index is 0.322. The molecule has 0 aromatic rings. The number of rotatable bonds is 3. The molecule has 4 N–H and O–H groups in total. The Kier molecular flexibility index (Phi) is 5.29. The van der Waals surface area contributed by atoms with Gasteiger partial charge in [-0.05, 0) is 26.8 Å². The third kappa shape index (κ3) is 4.45. The highest BCUT2D eigenvalue weighted by Crippen LogP contribution is 1.98. The fraction of sp³-hybridized carbons (Fsp3) is 0.400. The molecule has 0 aliphatic carbocycles. The maximum Gasteiger partial charge on any atom is 0.126 e. The van der Waals surface area contributed by atoms with Crippen LogP contribution in [-0.2, 0) is 0 Å². The number of hydrogen-bond donors (Lipinski definition) is 3. The number of hydrogen-bond acceptors (Lipinski definition) is 3. The summed E-state index contributed by atoms with van der Waals surface area (Å²) < 4.78 is 0. The minimum absolute atomic E-state index is 0.322. The van der Waals surface area contributed by atoms with Gasteiger partial charge in [-0.3, -0.25) is 10.4 Å². The zero-order valence-electron chi connectivity index (χ0n) is 9.18. The fourth-order valence-electron chi connectivity index (χ4n) is 0.716. The minimum Gasteiger partial charge on any atom is -0.402 e. The molecule has 0 heterocycles. The third-order valence-corrected chi connectivity index (χ3v) is 1.76. The highest BCUT2D eigenvalue weighted by Gasteiger charge is 2.00. The molecule has 0 atom stereocenters. The molecule has 0 saturated carbocycles. The van der Waals surface area contributed by atoms with Gasteiger partial charge in [0.15, 0.2) is 0 Å². The van der Waals surface area contributed by atoms with Crippen molar-refractivity contribution in [1.29, 1.82) is 5.41 Å². The summed E-state index contributed by atoms with van der Waals surface area (Å²) in [5.41, 5.74) is 7.84. The van der Waals surface area contributed by atoms with E-state index in [0.717, 1.165) is 11.3 Å². The van der Waals surface area contributed by atoms with E-state index in [9.17, 15) is 0 Å². The van der Waals surface area contributed by atoms with Gasteiger partial charge in [0.1, 0.15) is 5.84 Å². The van der Waals surface area contributed by atoms with Crippen LogP contribution in [0.25, 0.3) is 0 Å². The molecule has 0 aromatic heterocycles. The predicted molar refractivity (Wildman–Crippen MR) is 61.6 cm³/mol. The van der Waals surface area contributed by atoms with Crippen LogP contribution in [0.3, 0.4) is 0 Å². The SMILES string of the molecule is CN=C/C=C(/C)NC(=N)C(C)=C(C)N. The molecule has 4 heteroatoms. The van der Waals surface area contributed by atoms with Gasteiger partial charge in [0.05, 0.1) is 0 Å². The summed E-state index contributed by atoms with van der Waals surface area (Å²) >= 11 is 0. The van der Waals surface area contributed by atoms with E-state index in [1.807, 2.05) is 13.8 Å². The second-order valence-corrected chi connectivity index (χ2v) is 3.06. The number of amidine groups is 1. The zero-order chi connectivity index (χ0) is 11.1. The van der Waals surface area contributed by atoms with E-state index in [1.165, 1.54) is 0 Å². The molecule has 0 spiro atoms. The Morgan fingerprint density at radius 1 is 1.36 bits per heavy atom. The molecule has 78 valence electrons. The van der Waals surface area contributed by atoms with Crippen molar-refractivity contribution in [3.05, 3.63) is 23.0 Å². The van der Waals surface area contributed by atoms with Crippen LogP contribution >= 0.6 is 0 Å². The first kappa shape index (κ1) is 12.4. The van der Waals surface area contributed by atoms with E-state index in [0.29, 0.717) is 11.5 Å². The normalized spacial score (nSPS) is 14.1. The molecule has 0 amide bonds. The van der Waals surface area contributed by atoms with Crippen molar-refractivity contribution in [1.82, 2.24) is 5.32 Å². The zero-order valence-corrected chi connectivity index (χ0v) is 9.18. The second-order valence-electron chi connectivity index (χ2n) is 3.06. The quantitative estimate of drug-likeness (QED) is 0.469. The van der Waals surface area contributed by atoms with E-state index >= 15 is 0 Å². The van der Waals surface area contributed by atoms with Gasteiger partial charge in [0.2, 0.25) is 0 Å². The van der Waals surface area contributed by atoms with Gasteiger partial charge in [-0.25, -0.2) is 0 Å². The Morgan fingerprint density at radius 3 is 2.36 bits per heavy atom. The van der Waals surface area contributed by atoms with Gasteiger partial charge in [-0.1, -0.05) is 0 Å². The van der Waals surface area contributed by atoms with E-state index in [1.54, 1.807) is 26.3 Å². The Labute approximate surface area is 85.1 Å². The number of nitrogens with two attached hydrogens (primary N) is 1. The van der Waals surface area contributed by atoms with Crippen LogP contribution in [0.1, 0.15) is 20.8 Å². The van der Waals surface area contributed by atoms with Gasteiger partial charge >= 0.3 is 0 Å². The first-order valence-electron chi connectivity index (χ1n) is 4.37. The highest BCUT2D eigenvalue weighted by molar-refractivity contribution is 5.97. The summed E-state index contributed by atoms with van der Waals surface area (Å²) in [7, 11) is 1.70. The first-order valence-corrected chi connectivity index (χ1v) is 4.37. The summed E-state index contributed by atoms with van der Waals surface area (Å²) in [4.78, 5) is 3.81. The lowest BCUT2D eigenvalue weighted by atomic mass is 10.2. The van der Waals surface area contributed by atoms with E-state index < -0.39 is 0 Å². The Balaban J connectivity index is 4.42. The maximum atomic E-state index is 7.66. The highest BCUT2D eigenvalue weighted by atomic mass is 14.9. The Hall–Kier alpha value is -1.58. The molecule has 0 saturated heterocycles. The largest absolute Gasteiger partial charge is 0.402 e. The molecule has 0 aliphatic heterocycles. The fourth-order valence-corrected chi connectivity index (χ4v) is 0.716. The lowest BCUT2D eigenvalue weighted by molar-refractivity contribution is 1.08. The summed E-state index contributed by atoms with van der Waals surface area (Å²) in [5, 5.41) is 10.6. The van der Waals surface area contributed by atoms with Crippen molar-refractivity contribution in [2.24, 2.45) is 10.7 Å². The van der Waals surface area contributed by atoms with Crippen LogP contribution in [-0.4, -0.2) is 19.1 Å². The van der Waals surface area contributed by atoms with Crippen LogP contribution in [0.5, 0.6) is 0 Å². The summed E-state index contributed by atoms with van der Waals surface area (Å²) in [6.45, 7) is 5.46. The van der Waals surface area contributed by atoms with Gasteiger partial charge in [-0.2, -0.15) is 0 Å². The van der Waals surface area contributed by atoms with Crippen LogP contribution in [0, 0.1) is 5.41 Å². The standard InChI is InChI=1S/C10H18N4/c1-7(5-6-13-4)14-10(12)8(2)9(3)11/h5-6H,11H2,1-4H3,(H2,12,14)/b7-5-,9-8?,13-6?. The molecule has 0 bridgehead atoms. The van der Waals surface area contributed by atoms with Gasteiger partial charge in [0, 0.05) is 30.2 Å². The lowest BCUT2D eigenvalue weighted by Crippen LogP contribution is -2.23. The molecular formula is C10H18N4. The monoisotopic (exact) mass is 194 g/mol. The van der Waals surface area contributed by atoms with E-state index in [4.69, 9.17) is 11.1 Å². The topological polar surface area (TPSA) is 74.3 Å². The molecule has 0 unspecified atom stereocenters. The molecular weight excluding hydrogens is 176 g/mol. The van der Waals surface area contributed by atoms with E-state index in [-0.39, 0.29) is 0 Å². The third-order valence-electron chi connectivity index (χ3n) is 1.76. The number of nitrogens with one attached hydrogen (secondary N) is 2. The van der Waals surface area contributed by atoms with Crippen LogP contribution in [0.2, 0.25) is 0 Å². The van der Waals surface area contributed by atoms with Gasteiger partial charge in [0.25, 0.3) is 0 Å².